The van der Waals surface area contributed by atoms with Gasteiger partial charge in [0.05, 0.1) is 0 Å². The van der Waals surface area contributed by atoms with Crippen molar-refractivity contribution in [2.24, 2.45) is 0 Å². The predicted molar refractivity (Wildman–Crippen MR) is 55.9 cm³/mol. The Morgan fingerprint density at radius 2 is 1.92 bits per heavy atom. The molecule has 0 saturated heterocycles. The predicted octanol–water partition coefficient (Wildman–Crippen LogP) is 2.89. The minimum atomic E-state index is 0.626. The van der Waals surface area contributed by atoms with Gasteiger partial charge in [-0.15, -0.1) is 6.42 Å². The molecule has 0 heterocycles. The van der Waals surface area contributed by atoms with Crippen LogP contribution in [0.25, 0.3) is 0 Å². The highest BCUT2D eigenvalue weighted by Gasteiger charge is 2.20. The molecule has 0 saturated carbocycles. The summed E-state index contributed by atoms with van der Waals surface area (Å²) in [6.45, 7) is 4.48. The van der Waals surface area contributed by atoms with Crippen molar-refractivity contribution >= 4 is 0 Å². The molecule has 0 aromatic heterocycles. The van der Waals surface area contributed by atoms with E-state index in [1.165, 1.54) is 29.5 Å². The molecule has 0 aliphatic heterocycles. The molecule has 1 aromatic carbocycles. The lowest BCUT2D eigenvalue weighted by Gasteiger charge is -2.25. The second kappa shape index (κ2) is 2.92. The minimum Gasteiger partial charge on any atom is -0.115 e. The van der Waals surface area contributed by atoms with Crippen molar-refractivity contribution in [2.75, 3.05) is 0 Å². The highest BCUT2D eigenvalue weighted by molar-refractivity contribution is 5.53. The van der Waals surface area contributed by atoms with E-state index in [4.69, 9.17) is 6.42 Å². The first kappa shape index (κ1) is 8.38. The van der Waals surface area contributed by atoms with E-state index in [2.05, 4.69) is 31.9 Å². The lowest BCUT2D eigenvalue weighted by atomic mass is 9.79. The molecular weight excluding hydrogens is 156 g/mol. The van der Waals surface area contributed by atoms with E-state index in [-0.39, 0.29) is 0 Å². The molecule has 0 unspecified atom stereocenters. The largest absolute Gasteiger partial charge is 0.115 e. The summed E-state index contributed by atoms with van der Waals surface area (Å²) < 4.78 is 0. The normalized spacial score (nSPS) is 13.4. The molecule has 0 N–H and O–H groups in total. The van der Waals surface area contributed by atoms with Crippen molar-refractivity contribution in [3.05, 3.63) is 34.4 Å². The van der Waals surface area contributed by atoms with Gasteiger partial charge >= 0.3 is 0 Å². The molecule has 1 aliphatic carbocycles. The molecule has 1 aromatic rings. The van der Waals surface area contributed by atoms with Crippen LogP contribution in [0.2, 0.25) is 0 Å². The van der Waals surface area contributed by atoms with Gasteiger partial charge in [0.2, 0.25) is 0 Å². The summed E-state index contributed by atoms with van der Waals surface area (Å²) >= 11 is 0. The maximum Gasteiger partial charge on any atom is 0.0277 e. The zero-order valence-corrected chi connectivity index (χ0v) is 8.22. The molecule has 1 aliphatic rings. The van der Waals surface area contributed by atoms with Crippen LogP contribution in [0.4, 0.5) is 0 Å². The summed E-state index contributed by atoms with van der Waals surface area (Å²) in [5, 5.41) is 0. The molecule has 0 amide bonds. The Balaban J connectivity index is 2.56. The van der Waals surface area contributed by atoms with Gasteiger partial charge in [-0.25, -0.2) is 0 Å². The van der Waals surface area contributed by atoms with Crippen LogP contribution in [0.3, 0.4) is 0 Å². The van der Waals surface area contributed by atoms with E-state index in [9.17, 15) is 0 Å². The van der Waals surface area contributed by atoms with Crippen molar-refractivity contribution in [3.8, 4) is 12.3 Å². The van der Waals surface area contributed by atoms with Gasteiger partial charge in [-0.1, -0.05) is 25.8 Å². The first-order chi connectivity index (χ1) is 6.24. The van der Waals surface area contributed by atoms with Crippen molar-refractivity contribution in [1.82, 2.24) is 0 Å². The second-order valence-electron chi connectivity index (χ2n) is 3.96. The van der Waals surface area contributed by atoms with E-state index in [0.29, 0.717) is 5.92 Å². The van der Waals surface area contributed by atoms with Gasteiger partial charge in [0.25, 0.3) is 0 Å². The smallest absolute Gasteiger partial charge is 0.0277 e. The minimum absolute atomic E-state index is 0.626. The Hall–Kier alpha value is -1.22. The summed E-state index contributed by atoms with van der Waals surface area (Å²) in [4.78, 5) is 0. The van der Waals surface area contributed by atoms with Crippen molar-refractivity contribution in [1.29, 1.82) is 0 Å². The fourth-order valence-corrected chi connectivity index (χ4v) is 2.04. The van der Waals surface area contributed by atoms with Crippen LogP contribution in [-0.2, 0) is 12.8 Å². The molecule has 66 valence electrons. The van der Waals surface area contributed by atoms with Crippen LogP contribution < -0.4 is 0 Å². The van der Waals surface area contributed by atoms with Crippen molar-refractivity contribution in [3.63, 3.8) is 0 Å². The summed E-state index contributed by atoms with van der Waals surface area (Å²) in [5.41, 5.74) is 5.53. The monoisotopic (exact) mass is 170 g/mol. The number of hydrogen-bond donors (Lipinski definition) is 0. The number of hydrogen-bond acceptors (Lipinski definition) is 0. The van der Waals surface area contributed by atoms with Crippen molar-refractivity contribution < 1.29 is 0 Å². The van der Waals surface area contributed by atoms with Crippen LogP contribution in [0.15, 0.2) is 12.1 Å². The van der Waals surface area contributed by atoms with E-state index < -0.39 is 0 Å². The Labute approximate surface area is 80.0 Å². The van der Waals surface area contributed by atoms with E-state index in [1.54, 1.807) is 0 Å². The molecule has 0 atom stereocenters. The maximum atomic E-state index is 5.43. The standard InChI is InChI=1S/C13H14/c1-4-10-5-6-11(9(2)3)13-8-7-12(10)13/h1,5-6,9H,7-8H2,2-3H3. The third-order valence-corrected chi connectivity index (χ3v) is 2.87. The number of fused-ring (bicyclic) bond motifs is 1. The van der Waals surface area contributed by atoms with Crippen LogP contribution in [0.1, 0.15) is 42.0 Å². The third kappa shape index (κ3) is 1.16. The third-order valence-electron chi connectivity index (χ3n) is 2.87. The van der Waals surface area contributed by atoms with Gasteiger partial charge in [-0.3, -0.25) is 0 Å². The lowest BCUT2D eigenvalue weighted by molar-refractivity contribution is 0.765. The zero-order chi connectivity index (χ0) is 9.42. The summed E-state index contributed by atoms with van der Waals surface area (Å²) in [5.74, 6) is 3.38. The van der Waals surface area contributed by atoms with Gasteiger partial charge in [-0.05, 0) is 41.5 Å². The number of rotatable bonds is 1. The van der Waals surface area contributed by atoms with Crippen LogP contribution in [-0.4, -0.2) is 0 Å². The van der Waals surface area contributed by atoms with Crippen LogP contribution >= 0.6 is 0 Å². The summed E-state index contributed by atoms with van der Waals surface area (Å²) in [7, 11) is 0. The molecule has 13 heavy (non-hydrogen) atoms. The summed E-state index contributed by atoms with van der Waals surface area (Å²) in [6.07, 6.45) is 7.83. The quantitative estimate of drug-likeness (QED) is 0.568. The maximum absolute atomic E-state index is 5.43. The highest BCUT2D eigenvalue weighted by atomic mass is 14.2. The van der Waals surface area contributed by atoms with E-state index >= 15 is 0 Å². The van der Waals surface area contributed by atoms with Gasteiger partial charge < -0.3 is 0 Å². The second-order valence-corrected chi connectivity index (χ2v) is 3.96. The lowest BCUT2D eigenvalue weighted by Crippen LogP contribution is -2.14. The van der Waals surface area contributed by atoms with E-state index in [1.807, 2.05) is 0 Å². The molecule has 0 spiro atoms. The molecular formula is C13H14. The zero-order valence-electron chi connectivity index (χ0n) is 8.22. The van der Waals surface area contributed by atoms with Gasteiger partial charge in [-0.2, -0.15) is 0 Å². The van der Waals surface area contributed by atoms with Crippen LogP contribution in [0.5, 0.6) is 0 Å². The summed E-state index contributed by atoms with van der Waals surface area (Å²) in [6, 6.07) is 4.28. The van der Waals surface area contributed by atoms with Gasteiger partial charge in [0.1, 0.15) is 0 Å². The van der Waals surface area contributed by atoms with Crippen molar-refractivity contribution in [2.45, 2.75) is 32.6 Å². The molecule has 0 heteroatoms. The van der Waals surface area contributed by atoms with Gasteiger partial charge in [0.15, 0.2) is 0 Å². The molecule has 0 nitrogen and oxygen atoms in total. The topological polar surface area (TPSA) is 0 Å². The first-order valence-corrected chi connectivity index (χ1v) is 4.85. The average molecular weight is 170 g/mol. The Kier molecular flexibility index (Phi) is 1.88. The van der Waals surface area contributed by atoms with Gasteiger partial charge in [0, 0.05) is 5.56 Å². The Bertz CT molecular complexity index is 378. The molecule has 0 radical (unpaired) electrons. The number of benzene rings is 1. The first-order valence-electron chi connectivity index (χ1n) is 4.85. The Morgan fingerprint density at radius 3 is 2.38 bits per heavy atom. The SMILES string of the molecule is C#Cc1ccc(C(C)C)c2c1CC2. The molecule has 2 rings (SSSR count). The Morgan fingerprint density at radius 1 is 1.23 bits per heavy atom. The van der Waals surface area contributed by atoms with Crippen LogP contribution in [0, 0.1) is 12.3 Å². The van der Waals surface area contributed by atoms with E-state index in [0.717, 1.165) is 5.56 Å². The number of terminal acetylenes is 1. The fourth-order valence-electron chi connectivity index (χ4n) is 2.04. The molecule has 0 fully saturated rings. The fraction of sp³-hybridized carbons (Fsp3) is 0.385. The average Bonchev–Trinajstić information content (AvgIpc) is 2.05. The highest BCUT2D eigenvalue weighted by Crippen LogP contribution is 2.33. The molecule has 0 bridgehead atoms.